The molecule has 6 aliphatic carbocycles. The fourth-order valence-electron chi connectivity index (χ4n) is 9.08. The monoisotopic (exact) mass is 358 g/mol. The summed E-state index contributed by atoms with van der Waals surface area (Å²) in [5.41, 5.74) is 0. The summed E-state index contributed by atoms with van der Waals surface area (Å²) in [4.78, 5) is 12.5. The standard InChI is InChI=1S/C21H26O5/c22-21(25-13-3-7-1-9(13)11-5-15-19(23-15)17(7)11)26-14-4-8-2-10(14)12-6-16-20(24-16)18(8)12/h7-20H,1-6H2. The van der Waals surface area contributed by atoms with Gasteiger partial charge in [0, 0.05) is 0 Å². The SMILES string of the molecule is O=C(OC1CC2CC1C1CC3OC3C21)OC1CC2CC1C1CC3OC3C21. The van der Waals surface area contributed by atoms with Crippen LogP contribution in [0.5, 0.6) is 0 Å². The summed E-state index contributed by atoms with van der Waals surface area (Å²) in [6, 6.07) is 0. The van der Waals surface area contributed by atoms with Crippen molar-refractivity contribution in [2.75, 3.05) is 0 Å². The Balaban J connectivity index is 0.928. The van der Waals surface area contributed by atoms with Gasteiger partial charge in [0.25, 0.3) is 0 Å². The van der Waals surface area contributed by atoms with Crippen LogP contribution in [-0.2, 0) is 18.9 Å². The summed E-state index contributed by atoms with van der Waals surface area (Å²) >= 11 is 0. The zero-order chi connectivity index (χ0) is 16.7. The predicted molar refractivity (Wildman–Crippen MR) is 88.1 cm³/mol. The second-order valence-corrected chi connectivity index (χ2v) is 10.6. The van der Waals surface area contributed by atoms with Crippen LogP contribution in [0.2, 0.25) is 0 Å². The summed E-state index contributed by atoms with van der Waals surface area (Å²) in [5, 5.41) is 0. The Kier molecular flexibility index (Phi) is 2.42. The van der Waals surface area contributed by atoms with E-state index in [1.165, 1.54) is 25.7 Å². The average Bonchev–Trinajstić information content (AvgIpc) is 3.17. The first-order chi connectivity index (χ1) is 12.7. The normalized spacial score (nSPS) is 66.9. The van der Waals surface area contributed by atoms with Crippen LogP contribution in [0.1, 0.15) is 38.5 Å². The van der Waals surface area contributed by atoms with Crippen molar-refractivity contribution in [3.05, 3.63) is 0 Å². The first-order valence-corrected chi connectivity index (χ1v) is 10.9. The van der Waals surface area contributed by atoms with Crippen LogP contribution in [0.15, 0.2) is 0 Å². The van der Waals surface area contributed by atoms with E-state index in [0.717, 1.165) is 36.5 Å². The van der Waals surface area contributed by atoms with Gasteiger partial charge in [0.2, 0.25) is 0 Å². The third-order valence-corrected chi connectivity index (χ3v) is 9.86. The Morgan fingerprint density at radius 1 is 0.654 bits per heavy atom. The summed E-state index contributed by atoms with van der Waals surface area (Å²) in [5.74, 6) is 5.57. The smallest absolute Gasteiger partial charge is 0.431 e. The van der Waals surface area contributed by atoms with E-state index in [0.29, 0.717) is 48.1 Å². The van der Waals surface area contributed by atoms with Crippen molar-refractivity contribution in [1.82, 2.24) is 0 Å². The highest BCUT2D eigenvalue weighted by Gasteiger charge is 2.68. The van der Waals surface area contributed by atoms with Gasteiger partial charge in [-0.3, -0.25) is 0 Å². The molecule has 5 nitrogen and oxygen atoms in total. The number of fused-ring (bicyclic) bond motifs is 14. The largest absolute Gasteiger partial charge is 0.508 e. The van der Waals surface area contributed by atoms with Crippen LogP contribution in [0, 0.1) is 47.3 Å². The number of carbonyl (C=O) groups excluding carboxylic acids is 1. The molecule has 0 amide bonds. The molecule has 8 rings (SSSR count). The second kappa shape index (κ2) is 4.43. The second-order valence-electron chi connectivity index (χ2n) is 10.6. The predicted octanol–water partition coefficient (Wildman–Crippen LogP) is 2.76. The van der Waals surface area contributed by atoms with Crippen LogP contribution < -0.4 is 0 Å². The van der Waals surface area contributed by atoms with Crippen molar-refractivity contribution in [2.24, 2.45) is 47.3 Å². The molecular weight excluding hydrogens is 332 g/mol. The van der Waals surface area contributed by atoms with E-state index in [4.69, 9.17) is 18.9 Å². The summed E-state index contributed by atoms with van der Waals surface area (Å²) in [7, 11) is 0. The van der Waals surface area contributed by atoms with Crippen molar-refractivity contribution >= 4 is 6.16 Å². The molecule has 2 heterocycles. The van der Waals surface area contributed by atoms with Gasteiger partial charge in [-0.15, -0.1) is 0 Å². The van der Waals surface area contributed by atoms with Gasteiger partial charge in [-0.05, 0) is 85.9 Å². The molecule has 5 heteroatoms. The topological polar surface area (TPSA) is 60.6 Å². The Labute approximate surface area is 153 Å². The molecule has 2 aliphatic heterocycles. The van der Waals surface area contributed by atoms with E-state index in [-0.39, 0.29) is 18.4 Å². The third kappa shape index (κ3) is 1.65. The summed E-state index contributed by atoms with van der Waals surface area (Å²) in [6.45, 7) is 0. The highest BCUT2D eigenvalue weighted by Crippen LogP contribution is 2.66. The number of carbonyl (C=O) groups is 1. The lowest BCUT2D eigenvalue weighted by atomic mass is 9.79. The van der Waals surface area contributed by atoms with E-state index in [9.17, 15) is 4.79 Å². The molecule has 0 radical (unpaired) electrons. The summed E-state index contributed by atoms with van der Waals surface area (Å²) in [6.07, 6.45) is 8.93. The molecule has 0 N–H and O–H groups in total. The maximum Gasteiger partial charge on any atom is 0.508 e. The Bertz CT molecular complexity index is 638. The Hall–Kier alpha value is -0.810. The van der Waals surface area contributed by atoms with Crippen molar-refractivity contribution in [2.45, 2.75) is 75.1 Å². The lowest BCUT2D eigenvalue weighted by molar-refractivity contribution is -0.0542. The van der Waals surface area contributed by atoms with Gasteiger partial charge in [0.15, 0.2) is 0 Å². The van der Waals surface area contributed by atoms with E-state index in [1.807, 2.05) is 0 Å². The Morgan fingerprint density at radius 3 is 1.65 bits per heavy atom. The van der Waals surface area contributed by atoms with E-state index < -0.39 is 0 Å². The number of ether oxygens (including phenoxy) is 4. The fraction of sp³-hybridized carbons (Fsp3) is 0.952. The number of rotatable bonds is 2. The van der Waals surface area contributed by atoms with Gasteiger partial charge in [0.05, 0.1) is 24.4 Å². The van der Waals surface area contributed by atoms with Crippen LogP contribution in [0.3, 0.4) is 0 Å². The van der Waals surface area contributed by atoms with Crippen LogP contribution >= 0.6 is 0 Å². The minimum Gasteiger partial charge on any atom is -0.431 e. The van der Waals surface area contributed by atoms with Gasteiger partial charge >= 0.3 is 6.16 Å². The third-order valence-electron chi connectivity index (χ3n) is 9.86. The number of hydrogen-bond donors (Lipinski definition) is 0. The van der Waals surface area contributed by atoms with Gasteiger partial charge < -0.3 is 18.9 Å². The molecule has 0 aromatic heterocycles. The molecule has 2 saturated heterocycles. The molecule has 0 aromatic rings. The van der Waals surface area contributed by atoms with Crippen molar-refractivity contribution in [1.29, 1.82) is 0 Å². The van der Waals surface area contributed by atoms with E-state index in [1.54, 1.807) is 0 Å². The van der Waals surface area contributed by atoms with Crippen LogP contribution in [0.4, 0.5) is 4.79 Å². The molecule has 0 aromatic carbocycles. The molecule has 0 spiro atoms. The molecule has 8 fully saturated rings. The van der Waals surface area contributed by atoms with Gasteiger partial charge in [-0.2, -0.15) is 0 Å². The summed E-state index contributed by atoms with van der Waals surface area (Å²) < 4.78 is 23.3. The molecular formula is C21H26O5. The van der Waals surface area contributed by atoms with E-state index >= 15 is 0 Å². The number of epoxide rings is 2. The van der Waals surface area contributed by atoms with Crippen molar-refractivity contribution in [3.8, 4) is 0 Å². The Morgan fingerprint density at radius 2 is 1.15 bits per heavy atom. The maximum atomic E-state index is 12.5. The van der Waals surface area contributed by atoms with Crippen LogP contribution in [0.25, 0.3) is 0 Å². The highest BCUT2D eigenvalue weighted by molar-refractivity contribution is 5.60. The van der Waals surface area contributed by atoms with Gasteiger partial charge in [-0.25, -0.2) is 4.79 Å². The van der Waals surface area contributed by atoms with Gasteiger partial charge in [-0.1, -0.05) is 0 Å². The van der Waals surface area contributed by atoms with E-state index in [2.05, 4.69) is 0 Å². The lowest BCUT2D eigenvalue weighted by Gasteiger charge is -2.34. The minimum absolute atomic E-state index is 0.102. The first-order valence-electron chi connectivity index (χ1n) is 10.9. The first kappa shape index (κ1) is 14.2. The maximum absolute atomic E-state index is 12.5. The zero-order valence-corrected chi connectivity index (χ0v) is 14.9. The molecule has 8 aliphatic rings. The zero-order valence-electron chi connectivity index (χ0n) is 14.9. The van der Waals surface area contributed by atoms with Crippen molar-refractivity contribution < 1.29 is 23.7 Å². The number of hydrogen-bond acceptors (Lipinski definition) is 5. The molecule has 26 heavy (non-hydrogen) atoms. The molecule has 14 unspecified atom stereocenters. The molecule has 140 valence electrons. The molecule has 4 bridgehead atoms. The average molecular weight is 358 g/mol. The quantitative estimate of drug-likeness (QED) is 0.561. The fourth-order valence-corrected chi connectivity index (χ4v) is 9.08. The molecule has 6 saturated carbocycles. The molecule has 14 atom stereocenters. The van der Waals surface area contributed by atoms with Crippen molar-refractivity contribution in [3.63, 3.8) is 0 Å². The minimum atomic E-state index is -0.382. The highest BCUT2D eigenvalue weighted by atomic mass is 16.7. The van der Waals surface area contributed by atoms with Gasteiger partial charge in [0.1, 0.15) is 12.2 Å². The lowest BCUT2D eigenvalue weighted by Crippen LogP contribution is -2.37. The van der Waals surface area contributed by atoms with Crippen LogP contribution in [-0.4, -0.2) is 42.8 Å².